The zero-order valence-electron chi connectivity index (χ0n) is 10.4. The van der Waals surface area contributed by atoms with Gasteiger partial charge in [-0.1, -0.05) is 12.1 Å². The molecule has 4 nitrogen and oxygen atoms in total. The monoisotopic (exact) mass is 327 g/mol. The highest BCUT2D eigenvalue weighted by molar-refractivity contribution is 7.16. The average molecular weight is 328 g/mol. The van der Waals surface area contributed by atoms with Gasteiger partial charge in [0.15, 0.2) is 0 Å². The van der Waals surface area contributed by atoms with Crippen molar-refractivity contribution >= 4 is 44.7 Å². The lowest BCUT2D eigenvalue weighted by atomic mass is 10.3. The van der Waals surface area contributed by atoms with Crippen molar-refractivity contribution in [2.24, 2.45) is 0 Å². The fraction of sp³-hybridized carbons (Fsp3) is 0.0769. The summed E-state index contributed by atoms with van der Waals surface area (Å²) in [7, 11) is 0. The fourth-order valence-electron chi connectivity index (χ4n) is 1.82. The number of anilines is 2. The van der Waals surface area contributed by atoms with Crippen LogP contribution >= 0.6 is 22.9 Å². The zero-order valence-corrected chi connectivity index (χ0v) is 12.0. The molecule has 0 fully saturated rings. The first-order valence-corrected chi connectivity index (χ1v) is 7.11. The molecule has 8 heteroatoms. The van der Waals surface area contributed by atoms with E-state index in [4.69, 9.17) is 11.6 Å². The minimum absolute atomic E-state index is 0.0330. The van der Waals surface area contributed by atoms with E-state index in [1.807, 2.05) is 11.4 Å². The molecule has 0 saturated heterocycles. The standard InChI is InChI=1S/C13H8ClF2N3OS/c14-12-18-10(7-5-6-21-11(7)19-12)17-8-3-1-2-4-9(8)20-13(15)16/h1-6,13H,(H,17,18,19). The van der Waals surface area contributed by atoms with Crippen molar-refractivity contribution in [1.29, 1.82) is 0 Å². The number of nitrogens with one attached hydrogen (secondary N) is 1. The predicted molar refractivity (Wildman–Crippen MR) is 78.8 cm³/mol. The molecule has 0 spiro atoms. The molecule has 0 amide bonds. The molecule has 21 heavy (non-hydrogen) atoms. The third-order valence-corrected chi connectivity index (χ3v) is 3.63. The molecule has 0 aliphatic rings. The van der Waals surface area contributed by atoms with Crippen molar-refractivity contribution in [3.05, 3.63) is 41.0 Å². The molecule has 0 saturated carbocycles. The van der Waals surface area contributed by atoms with E-state index < -0.39 is 6.61 Å². The summed E-state index contributed by atoms with van der Waals surface area (Å²) < 4.78 is 29.3. The topological polar surface area (TPSA) is 47.0 Å². The SMILES string of the molecule is FC(F)Oc1ccccc1Nc1nc(Cl)nc2sccc12. The molecule has 2 aromatic heterocycles. The summed E-state index contributed by atoms with van der Waals surface area (Å²) in [6.07, 6.45) is 0. The molecule has 3 rings (SSSR count). The molecular formula is C13H8ClF2N3OS. The molecule has 0 aliphatic heterocycles. The second-order valence-electron chi connectivity index (χ2n) is 3.98. The second-order valence-corrected chi connectivity index (χ2v) is 5.21. The van der Waals surface area contributed by atoms with Crippen LogP contribution < -0.4 is 10.1 Å². The summed E-state index contributed by atoms with van der Waals surface area (Å²) >= 11 is 7.28. The van der Waals surface area contributed by atoms with Gasteiger partial charge in [-0.2, -0.15) is 13.8 Å². The Balaban J connectivity index is 2.01. The van der Waals surface area contributed by atoms with E-state index in [0.29, 0.717) is 16.3 Å². The number of para-hydroxylation sites is 2. The van der Waals surface area contributed by atoms with Crippen molar-refractivity contribution in [1.82, 2.24) is 9.97 Å². The quantitative estimate of drug-likeness (QED) is 0.706. The van der Waals surface area contributed by atoms with Crippen LogP contribution in [-0.2, 0) is 0 Å². The maximum absolute atomic E-state index is 12.4. The number of rotatable bonds is 4. The van der Waals surface area contributed by atoms with E-state index >= 15 is 0 Å². The molecule has 2 heterocycles. The molecule has 0 atom stereocenters. The Bertz CT molecular complexity index is 781. The minimum atomic E-state index is -2.90. The van der Waals surface area contributed by atoms with Crippen LogP contribution in [0.3, 0.4) is 0 Å². The second kappa shape index (κ2) is 5.79. The predicted octanol–water partition coefficient (Wildman–Crippen LogP) is 4.69. The number of halogens is 3. The smallest absolute Gasteiger partial charge is 0.387 e. The van der Waals surface area contributed by atoms with Crippen LogP contribution in [0.1, 0.15) is 0 Å². The van der Waals surface area contributed by atoms with Gasteiger partial charge in [-0.25, -0.2) is 4.98 Å². The first-order chi connectivity index (χ1) is 10.1. The van der Waals surface area contributed by atoms with E-state index in [9.17, 15) is 8.78 Å². The number of fused-ring (bicyclic) bond motifs is 1. The Morgan fingerprint density at radius 2 is 2.00 bits per heavy atom. The van der Waals surface area contributed by atoms with E-state index in [2.05, 4.69) is 20.0 Å². The highest BCUT2D eigenvalue weighted by Crippen LogP contribution is 2.32. The van der Waals surface area contributed by atoms with Gasteiger partial charge in [0.1, 0.15) is 16.4 Å². The number of hydrogen-bond acceptors (Lipinski definition) is 5. The van der Waals surface area contributed by atoms with Crippen molar-refractivity contribution in [3.8, 4) is 5.75 Å². The summed E-state index contributed by atoms with van der Waals surface area (Å²) in [5, 5.41) is 5.65. The number of nitrogens with zero attached hydrogens (tertiary/aromatic N) is 2. The van der Waals surface area contributed by atoms with Crippen LogP contribution in [0.25, 0.3) is 10.2 Å². The van der Waals surface area contributed by atoms with Crippen molar-refractivity contribution in [3.63, 3.8) is 0 Å². The highest BCUT2D eigenvalue weighted by atomic mass is 35.5. The molecule has 108 valence electrons. The van der Waals surface area contributed by atoms with E-state index in [1.165, 1.54) is 17.4 Å². The zero-order chi connectivity index (χ0) is 14.8. The van der Waals surface area contributed by atoms with Gasteiger partial charge in [0.25, 0.3) is 0 Å². The van der Waals surface area contributed by atoms with Crippen molar-refractivity contribution < 1.29 is 13.5 Å². The number of thiophene rings is 1. The van der Waals surface area contributed by atoms with Crippen molar-refractivity contribution in [2.45, 2.75) is 6.61 Å². The number of aromatic nitrogens is 2. The maximum Gasteiger partial charge on any atom is 0.387 e. The van der Waals surface area contributed by atoms with E-state index in [1.54, 1.807) is 18.2 Å². The van der Waals surface area contributed by atoms with Gasteiger partial charge in [-0.3, -0.25) is 0 Å². The molecule has 0 bridgehead atoms. The molecule has 1 aromatic carbocycles. The summed E-state index contributed by atoms with van der Waals surface area (Å²) in [5.41, 5.74) is 0.375. The Kier molecular flexibility index (Phi) is 3.85. The summed E-state index contributed by atoms with van der Waals surface area (Å²) in [5.74, 6) is 0.474. The average Bonchev–Trinajstić information content (AvgIpc) is 2.88. The molecule has 3 aromatic rings. The van der Waals surface area contributed by atoms with Gasteiger partial charge >= 0.3 is 6.61 Å². The lowest BCUT2D eigenvalue weighted by molar-refractivity contribution is -0.0493. The highest BCUT2D eigenvalue weighted by Gasteiger charge is 2.12. The number of alkyl halides is 2. The van der Waals surface area contributed by atoms with Gasteiger partial charge in [-0.15, -0.1) is 11.3 Å². The summed E-state index contributed by atoms with van der Waals surface area (Å²) in [6.45, 7) is -2.90. The lowest BCUT2D eigenvalue weighted by Gasteiger charge is -2.12. The van der Waals surface area contributed by atoms with Crippen molar-refractivity contribution in [2.75, 3.05) is 5.32 Å². The van der Waals surface area contributed by atoms with Gasteiger partial charge in [-0.05, 0) is 35.2 Å². The van der Waals surface area contributed by atoms with Crippen LogP contribution in [0, 0.1) is 0 Å². The van der Waals surface area contributed by atoms with Gasteiger partial charge in [0.05, 0.1) is 11.1 Å². The Labute approximate surface area is 127 Å². The number of benzene rings is 1. The number of hydrogen-bond donors (Lipinski definition) is 1. The van der Waals surface area contributed by atoms with Gasteiger partial charge < -0.3 is 10.1 Å². The Hall–Kier alpha value is -1.99. The molecule has 1 N–H and O–H groups in total. The third-order valence-electron chi connectivity index (χ3n) is 2.65. The third kappa shape index (κ3) is 3.03. The molecule has 0 aliphatic carbocycles. The van der Waals surface area contributed by atoms with E-state index in [0.717, 1.165) is 5.39 Å². The molecular weight excluding hydrogens is 320 g/mol. The van der Waals surface area contributed by atoms with Crippen LogP contribution in [0.4, 0.5) is 20.3 Å². The van der Waals surface area contributed by atoms with Crippen LogP contribution in [0.5, 0.6) is 5.75 Å². The number of ether oxygens (including phenoxy) is 1. The van der Waals surface area contributed by atoms with Gasteiger partial charge in [0, 0.05) is 0 Å². The van der Waals surface area contributed by atoms with Crippen LogP contribution in [0.15, 0.2) is 35.7 Å². The minimum Gasteiger partial charge on any atom is -0.433 e. The lowest BCUT2D eigenvalue weighted by Crippen LogP contribution is -2.05. The van der Waals surface area contributed by atoms with E-state index in [-0.39, 0.29) is 11.0 Å². The Morgan fingerprint density at radius 1 is 1.19 bits per heavy atom. The van der Waals surface area contributed by atoms with Gasteiger partial charge in [0.2, 0.25) is 5.28 Å². The Morgan fingerprint density at radius 3 is 2.81 bits per heavy atom. The maximum atomic E-state index is 12.4. The fourth-order valence-corrected chi connectivity index (χ4v) is 2.80. The van der Waals surface area contributed by atoms with Crippen LogP contribution in [0.2, 0.25) is 5.28 Å². The molecule has 0 unspecified atom stereocenters. The normalized spacial score (nSPS) is 11.0. The van der Waals surface area contributed by atoms with Crippen LogP contribution in [-0.4, -0.2) is 16.6 Å². The summed E-state index contributed by atoms with van der Waals surface area (Å²) in [4.78, 5) is 8.90. The molecule has 0 radical (unpaired) electrons. The largest absolute Gasteiger partial charge is 0.433 e. The summed E-state index contributed by atoms with van der Waals surface area (Å²) in [6, 6.07) is 8.20. The first kappa shape index (κ1) is 14.0. The first-order valence-electron chi connectivity index (χ1n) is 5.85.